The van der Waals surface area contributed by atoms with Crippen LogP contribution in [0, 0.1) is 0 Å². The second-order valence-corrected chi connectivity index (χ2v) is 4.92. The normalized spacial score (nSPS) is 21.7. The lowest BCUT2D eigenvalue weighted by Gasteiger charge is -2.26. The van der Waals surface area contributed by atoms with Gasteiger partial charge in [-0.15, -0.1) is 0 Å². The van der Waals surface area contributed by atoms with Gasteiger partial charge in [0.2, 0.25) is 0 Å². The average molecular weight is 279 g/mol. The van der Waals surface area contributed by atoms with Crippen molar-refractivity contribution in [1.29, 1.82) is 0 Å². The molecule has 20 heavy (non-hydrogen) atoms. The molecule has 0 aliphatic carbocycles. The van der Waals surface area contributed by atoms with Gasteiger partial charge >= 0.3 is 0 Å². The molecule has 1 aliphatic heterocycles. The highest BCUT2D eigenvalue weighted by molar-refractivity contribution is 5.96. The van der Waals surface area contributed by atoms with Gasteiger partial charge in [0.1, 0.15) is 5.60 Å². The van der Waals surface area contributed by atoms with Gasteiger partial charge in [-0.1, -0.05) is 0 Å². The van der Waals surface area contributed by atoms with E-state index >= 15 is 0 Å². The number of hydrogen-bond donors (Lipinski definition) is 3. The Bertz CT molecular complexity index is 485. The molecule has 1 atom stereocenters. The Morgan fingerprint density at radius 1 is 1.55 bits per heavy atom. The van der Waals surface area contributed by atoms with Crippen LogP contribution in [0.2, 0.25) is 0 Å². The van der Waals surface area contributed by atoms with Gasteiger partial charge in [0.05, 0.1) is 18.0 Å². The van der Waals surface area contributed by atoms with Gasteiger partial charge in [-0.3, -0.25) is 4.79 Å². The molecule has 1 aliphatic rings. The zero-order chi connectivity index (χ0) is 14.6. The third kappa shape index (κ3) is 3.02. The first-order chi connectivity index (χ1) is 9.60. The second-order valence-electron chi connectivity index (χ2n) is 4.92. The molecule has 1 heterocycles. The zero-order valence-electron chi connectivity index (χ0n) is 11.9. The summed E-state index contributed by atoms with van der Waals surface area (Å²) in [6.07, 6.45) is 0.839. The highest BCUT2D eigenvalue weighted by atomic mass is 16.5. The Balaban J connectivity index is 2.10. The molecule has 110 valence electrons. The fourth-order valence-electron chi connectivity index (χ4n) is 2.21. The molecule has 1 unspecified atom stereocenters. The molecule has 1 saturated heterocycles. The SMILES string of the molecule is CNC(=O)c1ccc(N)c(NCC2(OC)CCOC2)c1. The summed E-state index contributed by atoms with van der Waals surface area (Å²) in [5, 5.41) is 5.85. The maximum Gasteiger partial charge on any atom is 0.251 e. The molecule has 1 amide bonds. The van der Waals surface area contributed by atoms with E-state index in [1.807, 2.05) is 0 Å². The van der Waals surface area contributed by atoms with Crippen LogP contribution < -0.4 is 16.4 Å². The molecular weight excluding hydrogens is 258 g/mol. The van der Waals surface area contributed by atoms with Crippen LogP contribution in [0.1, 0.15) is 16.8 Å². The highest BCUT2D eigenvalue weighted by Crippen LogP contribution is 2.26. The number of ether oxygens (including phenoxy) is 2. The van der Waals surface area contributed by atoms with Gasteiger partial charge < -0.3 is 25.8 Å². The van der Waals surface area contributed by atoms with Crippen molar-refractivity contribution >= 4 is 17.3 Å². The van der Waals surface area contributed by atoms with E-state index in [-0.39, 0.29) is 11.5 Å². The Hall–Kier alpha value is -1.79. The van der Waals surface area contributed by atoms with Crippen molar-refractivity contribution in [1.82, 2.24) is 5.32 Å². The number of amides is 1. The molecule has 0 radical (unpaired) electrons. The number of rotatable bonds is 5. The minimum Gasteiger partial charge on any atom is -0.397 e. The van der Waals surface area contributed by atoms with Crippen LogP contribution in [0.5, 0.6) is 0 Å². The molecule has 0 aromatic heterocycles. The van der Waals surface area contributed by atoms with E-state index in [0.29, 0.717) is 31.0 Å². The Morgan fingerprint density at radius 3 is 2.95 bits per heavy atom. The summed E-state index contributed by atoms with van der Waals surface area (Å²) >= 11 is 0. The fraction of sp³-hybridized carbons (Fsp3) is 0.500. The molecule has 6 nitrogen and oxygen atoms in total. The number of nitrogens with one attached hydrogen (secondary N) is 2. The minimum atomic E-state index is -0.324. The summed E-state index contributed by atoms with van der Waals surface area (Å²) < 4.78 is 10.9. The Kier molecular flexibility index (Phi) is 4.46. The third-order valence-electron chi connectivity index (χ3n) is 3.64. The lowest BCUT2D eigenvalue weighted by Crippen LogP contribution is -2.39. The quantitative estimate of drug-likeness (QED) is 0.696. The van der Waals surface area contributed by atoms with Gasteiger partial charge in [0.15, 0.2) is 0 Å². The van der Waals surface area contributed by atoms with Crippen LogP contribution in [0.4, 0.5) is 11.4 Å². The molecule has 4 N–H and O–H groups in total. The van der Waals surface area contributed by atoms with E-state index in [9.17, 15) is 4.79 Å². The molecule has 1 fully saturated rings. The predicted molar refractivity (Wildman–Crippen MR) is 77.9 cm³/mol. The molecule has 0 spiro atoms. The third-order valence-corrected chi connectivity index (χ3v) is 3.64. The highest BCUT2D eigenvalue weighted by Gasteiger charge is 2.34. The molecule has 0 saturated carbocycles. The summed E-state index contributed by atoms with van der Waals surface area (Å²) in [7, 11) is 3.28. The molecule has 1 aromatic carbocycles. The molecule has 6 heteroatoms. The monoisotopic (exact) mass is 279 g/mol. The van der Waals surface area contributed by atoms with Crippen molar-refractivity contribution in [2.75, 3.05) is 45.0 Å². The van der Waals surface area contributed by atoms with Crippen LogP contribution in [0.25, 0.3) is 0 Å². The van der Waals surface area contributed by atoms with E-state index < -0.39 is 0 Å². The van der Waals surface area contributed by atoms with E-state index in [0.717, 1.165) is 12.1 Å². The van der Waals surface area contributed by atoms with Crippen molar-refractivity contribution in [3.63, 3.8) is 0 Å². The molecule has 2 rings (SSSR count). The standard InChI is InChI=1S/C14H21N3O3/c1-16-13(18)10-3-4-11(15)12(7-10)17-8-14(19-2)5-6-20-9-14/h3-4,7,17H,5-6,8-9,15H2,1-2H3,(H,16,18). The molecule has 0 bridgehead atoms. The lowest BCUT2D eigenvalue weighted by molar-refractivity contribution is -0.00618. The average Bonchev–Trinajstić information content (AvgIpc) is 2.95. The topological polar surface area (TPSA) is 85.6 Å². The van der Waals surface area contributed by atoms with Crippen LogP contribution in [0.3, 0.4) is 0 Å². The molecular formula is C14H21N3O3. The van der Waals surface area contributed by atoms with Crippen molar-refractivity contribution in [2.24, 2.45) is 0 Å². The first-order valence-electron chi connectivity index (χ1n) is 6.58. The number of hydrogen-bond acceptors (Lipinski definition) is 5. The Labute approximate surface area is 118 Å². The largest absolute Gasteiger partial charge is 0.397 e. The zero-order valence-corrected chi connectivity index (χ0v) is 11.9. The van der Waals surface area contributed by atoms with E-state index in [2.05, 4.69) is 10.6 Å². The number of benzene rings is 1. The number of methoxy groups -OCH3 is 1. The summed E-state index contributed by atoms with van der Waals surface area (Å²) in [6.45, 7) is 1.85. The van der Waals surface area contributed by atoms with Gasteiger partial charge in [-0.05, 0) is 18.2 Å². The van der Waals surface area contributed by atoms with E-state index in [1.165, 1.54) is 0 Å². The van der Waals surface area contributed by atoms with Crippen LogP contribution in [-0.2, 0) is 9.47 Å². The predicted octanol–water partition coefficient (Wildman–Crippen LogP) is 0.846. The maximum atomic E-state index is 11.6. The summed E-state index contributed by atoms with van der Waals surface area (Å²) in [4.78, 5) is 11.6. The number of carbonyl (C=O) groups is 1. The van der Waals surface area contributed by atoms with Crippen molar-refractivity contribution in [3.05, 3.63) is 23.8 Å². The van der Waals surface area contributed by atoms with Crippen molar-refractivity contribution in [3.8, 4) is 0 Å². The molecule has 1 aromatic rings. The van der Waals surface area contributed by atoms with Gasteiger partial charge in [0.25, 0.3) is 5.91 Å². The number of nitrogens with two attached hydrogens (primary N) is 1. The lowest BCUT2D eigenvalue weighted by atomic mass is 10.0. The smallest absolute Gasteiger partial charge is 0.251 e. The van der Waals surface area contributed by atoms with Crippen LogP contribution in [0.15, 0.2) is 18.2 Å². The van der Waals surface area contributed by atoms with Gasteiger partial charge in [-0.2, -0.15) is 0 Å². The van der Waals surface area contributed by atoms with Crippen molar-refractivity contribution < 1.29 is 14.3 Å². The summed E-state index contributed by atoms with van der Waals surface area (Å²) in [6, 6.07) is 5.16. The number of anilines is 2. The fourth-order valence-corrected chi connectivity index (χ4v) is 2.21. The Morgan fingerprint density at radius 2 is 2.35 bits per heavy atom. The minimum absolute atomic E-state index is 0.140. The number of nitrogen functional groups attached to an aromatic ring is 1. The van der Waals surface area contributed by atoms with E-state index in [1.54, 1.807) is 32.4 Å². The van der Waals surface area contributed by atoms with Gasteiger partial charge in [0, 0.05) is 39.3 Å². The van der Waals surface area contributed by atoms with Crippen LogP contribution in [-0.4, -0.2) is 45.4 Å². The van der Waals surface area contributed by atoms with Gasteiger partial charge in [-0.25, -0.2) is 0 Å². The maximum absolute atomic E-state index is 11.6. The number of carbonyl (C=O) groups excluding carboxylic acids is 1. The summed E-state index contributed by atoms with van der Waals surface area (Å²) in [5.74, 6) is -0.140. The van der Waals surface area contributed by atoms with Crippen LogP contribution >= 0.6 is 0 Å². The summed E-state index contributed by atoms with van der Waals surface area (Å²) in [5.41, 5.74) is 7.51. The van der Waals surface area contributed by atoms with Crippen molar-refractivity contribution in [2.45, 2.75) is 12.0 Å². The first-order valence-corrected chi connectivity index (χ1v) is 6.58. The first kappa shape index (κ1) is 14.6. The van der Waals surface area contributed by atoms with E-state index in [4.69, 9.17) is 15.2 Å². The second kappa shape index (κ2) is 6.11.